The van der Waals surface area contributed by atoms with Crippen LogP contribution in [-0.2, 0) is 22.4 Å². The molecule has 0 aliphatic rings. The lowest BCUT2D eigenvalue weighted by molar-refractivity contribution is -0.139. The second kappa shape index (κ2) is 12.1. The van der Waals surface area contributed by atoms with Crippen LogP contribution in [0.15, 0.2) is 35.1 Å². The van der Waals surface area contributed by atoms with Crippen LogP contribution in [0.5, 0.6) is 0 Å². The summed E-state index contributed by atoms with van der Waals surface area (Å²) in [6, 6.07) is 6.78. The molecule has 1 aromatic carbocycles. The first-order valence-corrected chi connectivity index (χ1v) is 10.2. The van der Waals surface area contributed by atoms with Gasteiger partial charge in [-0.25, -0.2) is 14.6 Å². The maximum atomic E-state index is 12.3. The van der Waals surface area contributed by atoms with Crippen LogP contribution in [0.2, 0.25) is 0 Å². The van der Waals surface area contributed by atoms with Crippen molar-refractivity contribution >= 4 is 23.9 Å². The monoisotopic (exact) mass is 445 g/mol. The van der Waals surface area contributed by atoms with Crippen LogP contribution in [-0.4, -0.2) is 52.2 Å². The first-order valence-electron chi connectivity index (χ1n) is 10.2. The summed E-state index contributed by atoms with van der Waals surface area (Å²) in [6.07, 6.45) is 1.75. The molecule has 1 unspecified atom stereocenters. The lowest BCUT2D eigenvalue weighted by Gasteiger charge is -2.15. The molecule has 2 rings (SSSR count). The molecule has 1 atom stereocenters. The lowest BCUT2D eigenvalue weighted by Crippen LogP contribution is -2.48. The minimum absolute atomic E-state index is 0.0582. The number of carbonyl (C=O) groups excluding carboxylic acids is 2. The number of nitrogens with two attached hydrogens (primary N) is 1. The number of aliphatic carboxylic acids is 1. The predicted molar refractivity (Wildman–Crippen MR) is 116 cm³/mol. The van der Waals surface area contributed by atoms with Gasteiger partial charge in [0.05, 0.1) is 12.3 Å². The number of unbranched alkanes of at least 4 members (excludes halogenated alkanes) is 1. The Morgan fingerprint density at radius 3 is 2.56 bits per heavy atom. The van der Waals surface area contributed by atoms with Crippen molar-refractivity contribution in [2.24, 2.45) is 0 Å². The SMILES string of the molecule is CCCCOC(=O)NC(CNC(=O)c1ccc(CCc2cc(=O)[nH]c(N)n2)cc1)C(=O)O. The number of rotatable bonds is 11. The molecule has 11 nitrogen and oxygen atoms in total. The number of nitrogen functional groups attached to an aromatic ring is 1. The van der Waals surface area contributed by atoms with Crippen molar-refractivity contribution in [2.75, 3.05) is 18.9 Å². The lowest BCUT2D eigenvalue weighted by atomic mass is 10.1. The second-order valence-corrected chi connectivity index (χ2v) is 7.05. The molecule has 0 aliphatic carbocycles. The number of hydrogen-bond acceptors (Lipinski definition) is 7. The number of aryl methyl sites for hydroxylation is 2. The Morgan fingerprint density at radius 2 is 1.94 bits per heavy atom. The van der Waals surface area contributed by atoms with Crippen molar-refractivity contribution in [3.05, 3.63) is 57.5 Å². The number of carboxylic acids is 1. The van der Waals surface area contributed by atoms with E-state index in [-0.39, 0.29) is 24.7 Å². The summed E-state index contributed by atoms with van der Waals surface area (Å²) < 4.78 is 4.88. The van der Waals surface area contributed by atoms with E-state index in [9.17, 15) is 24.3 Å². The average Bonchev–Trinajstić information content (AvgIpc) is 2.74. The molecule has 11 heteroatoms. The van der Waals surface area contributed by atoms with E-state index in [1.807, 2.05) is 6.92 Å². The number of nitrogens with one attached hydrogen (secondary N) is 3. The molecule has 0 radical (unpaired) electrons. The molecule has 0 saturated carbocycles. The average molecular weight is 445 g/mol. The highest BCUT2D eigenvalue weighted by Crippen LogP contribution is 2.08. The van der Waals surface area contributed by atoms with Gasteiger partial charge in [0.2, 0.25) is 5.95 Å². The molecule has 0 spiro atoms. The van der Waals surface area contributed by atoms with E-state index >= 15 is 0 Å². The molecule has 0 saturated heterocycles. The molecule has 172 valence electrons. The van der Waals surface area contributed by atoms with Crippen molar-refractivity contribution in [3.8, 4) is 0 Å². The number of alkyl carbamates (subject to hydrolysis) is 1. The zero-order valence-electron chi connectivity index (χ0n) is 17.7. The van der Waals surface area contributed by atoms with Gasteiger partial charge in [0.15, 0.2) is 0 Å². The van der Waals surface area contributed by atoms with Crippen LogP contribution in [0, 0.1) is 0 Å². The number of ether oxygens (including phenoxy) is 1. The molecule has 2 amide bonds. The number of hydrogen-bond donors (Lipinski definition) is 5. The Hall–Kier alpha value is -3.89. The molecule has 1 heterocycles. The fourth-order valence-electron chi connectivity index (χ4n) is 2.74. The van der Waals surface area contributed by atoms with Gasteiger partial charge in [0.1, 0.15) is 6.04 Å². The van der Waals surface area contributed by atoms with Crippen LogP contribution < -0.4 is 21.9 Å². The van der Waals surface area contributed by atoms with Gasteiger partial charge >= 0.3 is 12.1 Å². The maximum Gasteiger partial charge on any atom is 0.407 e. The van der Waals surface area contributed by atoms with E-state index in [1.165, 1.54) is 6.07 Å². The Kier molecular flexibility index (Phi) is 9.21. The topological polar surface area (TPSA) is 176 Å². The summed E-state index contributed by atoms with van der Waals surface area (Å²) in [6.45, 7) is 1.83. The normalized spacial score (nSPS) is 11.4. The van der Waals surface area contributed by atoms with E-state index in [2.05, 4.69) is 20.6 Å². The first-order chi connectivity index (χ1) is 15.3. The number of anilines is 1. The first kappa shape index (κ1) is 24.4. The second-order valence-electron chi connectivity index (χ2n) is 7.05. The minimum Gasteiger partial charge on any atom is -0.480 e. The summed E-state index contributed by atoms with van der Waals surface area (Å²) in [4.78, 5) is 53.2. The Bertz CT molecular complexity index is 989. The van der Waals surface area contributed by atoms with E-state index in [4.69, 9.17) is 10.5 Å². The summed E-state index contributed by atoms with van der Waals surface area (Å²) in [5.41, 5.74) is 7.03. The van der Waals surface area contributed by atoms with Crippen molar-refractivity contribution in [1.29, 1.82) is 0 Å². The van der Waals surface area contributed by atoms with Gasteiger partial charge in [-0.2, -0.15) is 0 Å². The zero-order valence-corrected chi connectivity index (χ0v) is 17.7. The Morgan fingerprint density at radius 1 is 1.22 bits per heavy atom. The summed E-state index contributed by atoms with van der Waals surface area (Å²) in [5, 5.41) is 14.0. The van der Waals surface area contributed by atoms with E-state index in [0.29, 0.717) is 30.5 Å². The van der Waals surface area contributed by atoms with Gasteiger partial charge in [0.25, 0.3) is 11.5 Å². The highest BCUT2D eigenvalue weighted by molar-refractivity contribution is 5.94. The van der Waals surface area contributed by atoms with Gasteiger partial charge in [-0.05, 0) is 37.0 Å². The van der Waals surface area contributed by atoms with Crippen LogP contribution in [0.25, 0.3) is 0 Å². The van der Waals surface area contributed by atoms with E-state index in [0.717, 1.165) is 12.0 Å². The van der Waals surface area contributed by atoms with E-state index < -0.39 is 24.0 Å². The number of carboxylic acid groups (broad SMARTS) is 1. The van der Waals surface area contributed by atoms with Crippen molar-refractivity contribution in [2.45, 2.75) is 38.6 Å². The van der Waals surface area contributed by atoms with Crippen LogP contribution in [0.3, 0.4) is 0 Å². The van der Waals surface area contributed by atoms with Gasteiger partial charge in [-0.15, -0.1) is 0 Å². The van der Waals surface area contributed by atoms with Gasteiger partial charge in [-0.1, -0.05) is 25.5 Å². The number of aromatic nitrogens is 2. The van der Waals surface area contributed by atoms with Gasteiger partial charge in [-0.3, -0.25) is 14.6 Å². The fourth-order valence-corrected chi connectivity index (χ4v) is 2.74. The molecule has 6 N–H and O–H groups in total. The largest absolute Gasteiger partial charge is 0.480 e. The van der Waals surface area contributed by atoms with Crippen molar-refractivity contribution < 1.29 is 24.2 Å². The third-order valence-electron chi connectivity index (χ3n) is 4.49. The molecular weight excluding hydrogens is 418 g/mol. The standard InChI is InChI=1S/C21H27N5O6/c1-2-3-10-32-21(31)25-16(19(29)30)12-23-18(28)14-7-4-13(5-8-14)6-9-15-11-17(27)26-20(22)24-15/h4-5,7-8,11,16H,2-3,6,9-10,12H2,1H3,(H,23,28)(H,25,31)(H,29,30)(H3,22,24,26,27). The number of nitrogens with zero attached hydrogens (tertiary/aromatic N) is 1. The molecule has 0 fully saturated rings. The van der Waals surface area contributed by atoms with Gasteiger partial charge < -0.3 is 26.2 Å². The highest BCUT2D eigenvalue weighted by atomic mass is 16.5. The molecule has 32 heavy (non-hydrogen) atoms. The Labute approximate surface area is 184 Å². The number of carbonyl (C=O) groups is 3. The quantitative estimate of drug-likeness (QED) is 0.316. The van der Waals surface area contributed by atoms with Crippen molar-refractivity contribution in [3.63, 3.8) is 0 Å². The predicted octanol–water partition coefficient (Wildman–Crippen LogP) is 0.847. The smallest absolute Gasteiger partial charge is 0.407 e. The summed E-state index contributed by atoms with van der Waals surface area (Å²) in [5.74, 6) is -1.71. The third kappa shape index (κ3) is 8.09. The van der Waals surface area contributed by atoms with Crippen LogP contribution >= 0.6 is 0 Å². The number of H-pyrrole nitrogens is 1. The zero-order chi connectivity index (χ0) is 23.5. The molecule has 0 bridgehead atoms. The molecule has 0 aliphatic heterocycles. The molecule has 2 aromatic rings. The number of benzene rings is 1. The Balaban J connectivity index is 1.86. The molecular formula is C21H27N5O6. The number of aromatic amines is 1. The maximum absolute atomic E-state index is 12.3. The van der Waals surface area contributed by atoms with Crippen LogP contribution in [0.1, 0.15) is 41.4 Å². The summed E-state index contributed by atoms with van der Waals surface area (Å²) in [7, 11) is 0. The third-order valence-corrected chi connectivity index (χ3v) is 4.49. The summed E-state index contributed by atoms with van der Waals surface area (Å²) >= 11 is 0. The number of amides is 2. The molecule has 1 aromatic heterocycles. The fraction of sp³-hybridized carbons (Fsp3) is 0.381. The van der Waals surface area contributed by atoms with Crippen molar-refractivity contribution in [1.82, 2.24) is 20.6 Å². The van der Waals surface area contributed by atoms with Gasteiger partial charge in [0, 0.05) is 18.2 Å². The highest BCUT2D eigenvalue weighted by Gasteiger charge is 2.21. The van der Waals surface area contributed by atoms with Crippen LogP contribution in [0.4, 0.5) is 10.7 Å². The van der Waals surface area contributed by atoms with E-state index in [1.54, 1.807) is 24.3 Å². The minimum atomic E-state index is -1.32.